The van der Waals surface area contributed by atoms with E-state index in [0.29, 0.717) is 24.3 Å². The van der Waals surface area contributed by atoms with Gasteiger partial charge in [-0.1, -0.05) is 54.1 Å². The second-order valence-corrected chi connectivity index (χ2v) is 7.22. The van der Waals surface area contributed by atoms with E-state index >= 15 is 0 Å². The van der Waals surface area contributed by atoms with Crippen molar-refractivity contribution in [1.29, 1.82) is 0 Å². The Labute approximate surface area is 171 Å². The number of benzene rings is 2. The fraction of sp³-hybridized carbons (Fsp3) is 0.318. The van der Waals surface area contributed by atoms with Crippen molar-refractivity contribution in [3.05, 3.63) is 70.5 Å². The molecule has 0 saturated carbocycles. The van der Waals surface area contributed by atoms with E-state index in [2.05, 4.69) is 28.4 Å². The van der Waals surface area contributed by atoms with Gasteiger partial charge in [-0.2, -0.15) is 5.10 Å². The van der Waals surface area contributed by atoms with Crippen molar-refractivity contribution in [1.82, 2.24) is 19.7 Å². The van der Waals surface area contributed by atoms with Gasteiger partial charge < -0.3 is 4.90 Å². The SMILES string of the molecule is CCN(CCc1ccccc1)C(=O)CCn1c(-c2cccc(C)c2)n[nH]c1=S. The number of hydrogen-bond acceptors (Lipinski definition) is 3. The van der Waals surface area contributed by atoms with Gasteiger partial charge in [0.2, 0.25) is 5.91 Å². The summed E-state index contributed by atoms with van der Waals surface area (Å²) < 4.78 is 2.45. The molecule has 28 heavy (non-hydrogen) atoms. The molecule has 0 fully saturated rings. The van der Waals surface area contributed by atoms with Crippen LogP contribution in [0.25, 0.3) is 11.4 Å². The summed E-state index contributed by atoms with van der Waals surface area (Å²) in [7, 11) is 0. The average molecular weight is 395 g/mol. The third kappa shape index (κ3) is 4.95. The highest BCUT2D eigenvalue weighted by Gasteiger charge is 2.14. The van der Waals surface area contributed by atoms with E-state index in [-0.39, 0.29) is 5.91 Å². The molecule has 1 aromatic heterocycles. The summed E-state index contributed by atoms with van der Waals surface area (Å²) in [4.78, 5) is 14.7. The number of carbonyl (C=O) groups excluding carboxylic acids is 1. The molecule has 0 aliphatic carbocycles. The number of aryl methyl sites for hydroxylation is 1. The Morgan fingerprint density at radius 1 is 1.18 bits per heavy atom. The summed E-state index contributed by atoms with van der Waals surface area (Å²) in [5, 5.41) is 7.23. The van der Waals surface area contributed by atoms with Crippen LogP contribution in [0.2, 0.25) is 0 Å². The van der Waals surface area contributed by atoms with Gasteiger partial charge in [-0.15, -0.1) is 0 Å². The third-order valence-electron chi connectivity index (χ3n) is 4.83. The molecule has 6 heteroatoms. The highest BCUT2D eigenvalue weighted by molar-refractivity contribution is 7.71. The van der Waals surface area contributed by atoms with E-state index in [1.807, 2.05) is 59.7 Å². The lowest BCUT2D eigenvalue weighted by Gasteiger charge is -2.21. The maximum Gasteiger partial charge on any atom is 0.224 e. The maximum atomic E-state index is 12.8. The molecule has 0 radical (unpaired) electrons. The fourth-order valence-electron chi connectivity index (χ4n) is 3.26. The van der Waals surface area contributed by atoms with Gasteiger partial charge in [-0.3, -0.25) is 14.5 Å². The number of nitrogens with one attached hydrogen (secondary N) is 1. The highest BCUT2D eigenvalue weighted by atomic mass is 32.1. The molecule has 146 valence electrons. The maximum absolute atomic E-state index is 12.8. The lowest BCUT2D eigenvalue weighted by atomic mass is 10.1. The summed E-state index contributed by atoms with van der Waals surface area (Å²) in [5.74, 6) is 0.908. The van der Waals surface area contributed by atoms with Crippen LogP contribution in [0.15, 0.2) is 54.6 Å². The predicted octanol–water partition coefficient (Wildman–Crippen LogP) is 4.40. The van der Waals surface area contributed by atoms with Crippen LogP contribution in [0.4, 0.5) is 0 Å². The van der Waals surface area contributed by atoms with Crippen molar-refractivity contribution in [3.63, 3.8) is 0 Å². The van der Waals surface area contributed by atoms with Gasteiger partial charge in [0.25, 0.3) is 0 Å². The number of H-pyrrole nitrogens is 1. The summed E-state index contributed by atoms with van der Waals surface area (Å²) in [6, 6.07) is 18.4. The van der Waals surface area contributed by atoms with Crippen LogP contribution in [-0.2, 0) is 17.8 Å². The van der Waals surface area contributed by atoms with Crippen molar-refractivity contribution in [2.45, 2.75) is 33.2 Å². The molecule has 1 heterocycles. The zero-order valence-electron chi connectivity index (χ0n) is 16.4. The van der Waals surface area contributed by atoms with Crippen molar-refractivity contribution in [2.24, 2.45) is 0 Å². The number of aromatic amines is 1. The van der Waals surface area contributed by atoms with E-state index in [9.17, 15) is 4.79 Å². The van der Waals surface area contributed by atoms with E-state index in [1.165, 1.54) is 5.56 Å². The average Bonchev–Trinajstić information content (AvgIpc) is 3.08. The van der Waals surface area contributed by atoms with Crippen LogP contribution < -0.4 is 0 Å². The second kappa shape index (κ2) is 9.46. The zero-order valence-corrected chi connectivity index (χ0v) is 17.2. The fourth-order valence-corrected chi connectivity index (χ4v) is 3.49. The first-order valence-corrected chi connectivity index (χ1v) is 10.0. The Morgan fingerprint density at radius 3 is 2.68 bits per heavy atom. The van der Waals surface area contributed by atoms with Crippen LogP contribution in [0.5, 0.6) is 0 Å². The third-order valence-corrected chi connectivity index (χ3v) is 5.14. The van der Waals surface area contributed by atoms with Gasteiger partial charge in [0.1, 0.15) is 0 Å². The minimum atomic E-state index is 0.136. The second-order valence-electron chi connectivity index (χ2n) is 6.83. The standard InChI is InChI=1S/C22H26N4OS/c1-3-25(14-12-18-9-5-4-6-10-18)20(27)13-15-26-21(23-24-22(26)28)19-11-7-8-17(2)16-19/h4-11,16H,3,12-15H2,1-2H3,(H,24,28). The number of carbonyl (C=O) groups is 1. The van der Waals surface area contributed by atoms with E-state index < -0.39 is 0 Å². The Hall–Kier alpha value is -2.73. The normalized spacial score (nSPS) is 10.8. The predicted molar refractivity (Wildman–Crippen MR) is 115 cm³/mol. The van der Waals surface area contributed by atoms with Gasteiger partial charge in [0.05, 0.1) is 0 Å². The molecule has 0 bridgehead atoms. The zero-order chi connectivity index (χ0) is 19.9. The number of amides is 1. The first kappa shape index (κ1) is 20.0. The van der Waals surface area contributed by atoms with Crippen LogP contribution in [0.1, 0.15) is 24.5 Å². The van der Waals surface area contributed by atoms with Crippen molar-refractivity contribution in [2.75, 3.05) is 13.1 Å². The Kier molecular flexibility index (Phi) is 6.76. The Balaban J connectivity index is 1.65. The monoisotopic (exact) mass is 394 g/mol. The molecule has 0 unspecified atom stereocenters. The van der Waals surface area contributed by atoms with Crippen LogP contribution in [0, 0.1) is 11.7 Å². The first-order chi connectivity index (χ1) is 13.6. The minimum absolute atomic E-state index is 0.136. The lowest BCUT2D eigenvalue weighted by Crippen LogP contribution is -2.33. The van der Waals surface area contributed by atoms with Crippen molar-refractivity contribution >= 4 is 18.1 Å². The van der Waals surface area contributed by atoms with Gasteiger partial charge in [-0.05, 0) is 44.1 Å². The van der Waals surface area contributed by atoms with Crippen molar-refractivity contribution < 1.29 is 4.79 Å². The van der Waals surface area contributed by atoms with Gasteiger partial charge in [-0.25, -0.2) is 0 Å². The van der Waals surface area contributed by atoms with Crippen LogP contribution in [0.3, 0.4) is 0 Å². The molecule has 0 aliphatic heterocycles. The lowest BCUT2D eigenvalue weighted by molar-refractivity contribution is -0.131. The Bertz CT molecular complexity index is 977. The first-order valence-electron chi connectivity index (χ1n) is 9.62. The van der Waals surface area contributed by atoms with Gasteiger partial charge >= 0.3 is 0 Å². The molecule has 1 N–H and O–H groups in total. The molecule has 0 spiro atoms. The number of nitrogens with zero attached hydrogens (tertiary/aromatic N) is 3. The van der Waals surface area contributed by atoms with E-state index in [4.69, 9.17) is 12.2 Å². The van der Waals surface area contributed by atoms with E-state index in [0.717, 1.165) is 29.9 Å². The topological polar surface area (TPSA) is 53.9 Å². The smallest absolute Gasteiger partial charge is 0.224 e. The molecule has 0 aliphatic rings. The molecule has 1 amide bonds. The summed E-state index contributed by atoms with van der Waals surface area (Å²) in [6.45, 7) is 6.00. The summed E-state index contributed by atoms with van der Waals surface area (Å²) >= 11 is 5.39. The molecule has 2 aromatic carbocycles. The quantitative estimate of drug-likeness (QED) is 0.576. The summed E-state index contributed by atoms with van der Waals surface area (Å²) in [5.41, 5.74) is 3.40. The molecule has 0 atom stereocenters. The highest BCUT2D eigenvalue weighted by Crippen LogP contribution is 2.19. The molecule has 3 rings (SSSR count). The van der Waals surface area contributed by atoms with Gasteiger partial charge in [0.15, 0.2) is 10.6 Å². The van der Waals surface area contributed by atoms with Crippen LogP contribution >= 0.6 is 12.2 Å². The van der Waals surface area contributed by atoms with Crippen molar-refractivity contribution in [3.8, 4) is 11.4 Å². The molecule has 0 saturated heterocycles. The van der Waals surface area contributed by atoms with E-state index in [1.54, 1.807) is 0 Å². The summed E-state index contributed by atoms with van der Waals surface area (Å²) in [6.07, 6.45) is 1.26. The molecular formula is C22H26N4OS. The van der Waals surface area contributed by atoms with Crippen LogP contribution in [-0.4, -0.2) is 38.7 Å². The number of rotatable bonds is 8. The Morgan fingerprint density at radius 2 is 1.96 bits per heavy atom. The number of aromatic nitrogens is 3. The molecular weight excluding hydrogens is 368 g/mol. The van der Waals surface area contributed by atoms with Gasteiger partial charge in [0, 0.05) is 31.6 Å². The largest absolute Gasteiger partial charge is 0.343 e. The molecule has 5 nitrogen and oxygen atoms in total. The number of likely N-dealkylation sites (N-methyl/N-ethyl adjacent to an activating group) is 1. The minimum Gasteiger partial charge on any atom is -0.343 e. The molecule has 3 aromatic rings. The number of hydrogen-bond donors (Lipinski definition) is 1.